The fourth-order valence-electron chi connectivity index (χ4n) is 0.348. The van der Waals surface area contributed by atoms with E-state index in [-0.39, 0.29) is 0 Å². The first-order valence-corrected chi connectivity index (χ1v) is 4.46. The summed E-state index contributed by atoms with van der Waals surface area (Å²) < 4.78 is 24.9. The molecule has 1 atom stereocenters. The van der Waals surface area contributed by atoms with Gasteiger partial charge in [-0.3, -0.25) is 0 Å². The SMILES string of the molecule is CNS(=O)(=O)NCC(O)C(=O)O. The Labute approximate surface area is 69.6 Å². The lowest BCUT2D eigenvalue weighted by Crippen LogP contribution is -2.41. The lowest BCUT2D eigenvalue weighted by molar-refractivity contribution is -0.146. The van der Waals surface area contributed by atoms with Crippen molar-refractivity contribution in [2.24, 2.45) is 0 Å². The Kier molecular flexibility index (Phi) is 4.10. The summed E-state index contributed by atoms with van der Waals surface area (Å²) in [5, 5.41) is 16.8. The molecule has 0 aliphatic heterocycles. The number of carboxylic acids is 1. The molecule has 0 aromatic carbocycles. The number of carbonyl (C=O) groups is 1. The van der Waals surface area contributed by atoms with E-state index >= 15 is 0 Å². The zero-order valence-corrected chi connectivity index (χ0v) is 7.13. The van der Waals surface area contributed by atoms with E-state index in [0.29, 0.717) is 0 Å². The summed E-state index contributed by atoms with van der Waals surface area (Å²) in [4.78, 5) is 10.00. The first-order chi connectivity index (χ1) is 5.39. The Balaban J connectivity index is 3.92. The monoisotopic (exact) mass is 198 g/mol. The average molecular weight is 198 g/mol. The van der Waals surface area contributed by atoms with Gasteiger partial charge in [-0.05, 0) is 0 Å². The van der Waals surface area contributed by atoms with Crippen molar-refractivity contribution in [1.29, 1.82) is 0 Å². The van der Waals surface area contributed by atoms with Crippen molar-refractivity contribution >= 4 is 16.2 Å². The second kappa shape index (κ2) is 4.36. The van der Waals surface area contributed by atoms with Crippen molar-refractivity contribution in [2.45, 2.75) is 6.10 Å². The molecule has 4 N–H and O–H groups in total. The van der Waals surface area contributed by atoms with Crippen LogP contribution in [0.2, 0.25) is 0 Å². The molecule has 0 radical (unpaired) electrons. The van der Waals surface area contributed by atoms with Gasteiger partial charge in [0.2, 0.25) is 0 Å². The summed E-state index contributed by atoms with van der Waals surface area (Å²) in [5.74, 6) is -1.48. The quantitative estimate of drug-likeness (QED) is 0.389. The van der Waals surface area contributed by atoms with Gasteiger partial charge in [-0.2, -0.15) is 13.1 Å². The molecular formula is C4H10N2O5S. The minimum absolute atomic E-state index is 0.557. The smallest absolute Gasteiger partial charge is 0.333 e. The zero-order valence-electron chi connectivity index (χ0n) is 6.31. The highest BCUT2D eigenvalue weighted by Crippen LogP contribution is 1.81. The maximum Gasteiger partial charge on any atom is 0.333 e. The van der Waals surface area contributed by atoms with E-state index < -0.39 is 28.8 Å². The van der Waals surface area contributed by atoms with E-state index in [0.717, 1.165) is 7.05 Å². The number of hydrogen-bond acceptors (Lipinski definition) is 4. The number of hydrogen-bond donors (Lipinski definition) is 4. The zero-order chi connectivity index (χ0) is 9.78. The number of aliphatic hydroxyl groups excluding tert-OH is 1. The van der Waals surface area contributed by atoms with Gasteiger partial charge in [-0.1, -0.05) is 0 Å². The molecule has 8 heteroatoms. The van der Waals surface area contributed by atoms with Crippen LogP contribution in [0.4, 0.5) is 0 Å². The predicted molar refractivity (Wildman–Crippen MR) is 39.6 cm³/mol. The molecule has 0 rings (SSSR count). The van der Waals surface area contributed by atoms with Gasteiger partial charge < -0.3 is 10.2 Å². The van der Waals surface area contributed by atoms with Crippen LogP contribution in [0.1, 0.15) is 0 Å². The second-order valence-electron chi connectivity index (χ2n) is 1.91. The molecule has 0 saturated heterocycles. The van der Waals surface area contributed by atoms with Crippen molar-refractivity contribution in [1.82, 2.24) is 9.44 Å². The number of nitrogens with one attached hydrogen (secondary N) is 2. The molecule has 72 valence electrons. The largest absolute Gasteiger partial charge is 0.479 e. The minimum atomic E-state index is -3.67. The molecule has 1 unspecified atom stereocenters. The van der Waals surface area contributed by atoms with Crippen molar-refractivity contribution in [3.8, 4) is 0 Å². The maximum absolute atomic E-state index is 10.6. The predicted octanol–water partition coefficient (Wildman–Crippen LogP) is -2.51. The summed E-state index contributed by atoms with van der Waals surface area (Å²) in [6.45, 7) is -0.557. The lowest BCUT2D eigenvalue weighted by Gasteiger charge is -2.06. The molecule has 0 fully saturated rings. The summed E-state index contributed by atoms with van der Waals surface area (Å²) in [5.41, 5.74) is 0. The average Bonchev–Trinajstić information content (AvgIpc) is 2.00. The van der Waals surface area contributed by atoms with Crippen molar-refractivity contribution in [3.63, 3.8) is 0 Å². The minimum Gasteiger partial charge on any atom is -0.479 e. The molecule has 0 saturated carbocycles. The van der Waals surface area contributed by atoms with Crippen LogP contribution >= 0.6 is 0 Å². The molecule has 0 spiro atoms. The van der Waals surface area contributed by atoms with Gasteiger partial charge in [0.05, 0.1) is 0 Å². The highest BCUT2D eigenvalue weighted by molar-refractivity contribution is 7.87. The molecule has 0 aliphatic carbocycles. The summed E-state index contributed by atoms with van der Waals surface area (Å²) in [7, 11) is -2.51. The lowest BCUT2D eigenvalue weighted by atomic mass is 10.4. The molecule has 0 heterocycles. The third-order valence-electron chi connectivity index (χ3n) is 1.02. The third kappa shape index (κ3) is 4.23. The third-order valence-corrected chi connectivity index (χ3v) is 2.10. The Morgan fingerprint density at radius 1 is 1.58 bits per heavy atom. The normalized spacial score (nSPS) is 14.2. The van der Waals surface area contributed by atoms with Crippen LogP contribution in [-0.4, -0.2) is 44.3 Å². The number of aliphatic carboxylic acids is 1. The Morgan fingerprint density at radius 3 is 2.42 bits per heavy atom. The van der Waals surface area contributed by atoms with Gasteiger partial charge in [0.1, 0.15) is 0 Å². The molecule has 0 aliphatic rings. The first-order valence-electron chi connectivity index (χ1n) is 2.98. The van der Waals surface area contributed by atoms with E-state index in [1.54, 1.807) is 0 Å². The number of aliphatic hydroxyl groups is 1. The Hall–Kier alpha value is -0.700. The maximum atomic E-state index is 10.6. The summed E-state index contributed by atoms with van der Waals surface area (Å²) >= 11 is 0. The Morgan fingerprint density at radius 2 is 2.08 bits per heavy atom. The van der Waals surface area contributed by atoms with Crippen LogP contribution in [0.3, 0.4) is 0 Å². The van der Waals surface area contributed by atoms with Gasteiger partial charge in [-0.25, -0.2) is 9.52 Å². The van der Waals surface area contributed by atoms with Crippen LogP contribution in [0.15, 0.2) is 0 Å². The van der Waals surface area contributed by atoms with Crippen LogP contribution in [0.5, 0.6) is 0 Å². The van der Waals surface area contributed by atoms with Gasteiger partial charge >= 0.3 is 5.97 Å². The molecule has 0 amide bonds. The van der Waals surface area contributed by atoms with Crippen molar-refractivity contribution in [3.05, 3.63) is 0 Å². The molecule has 7 nitrogen and oxygen atoms in total. The fourth-order valence-corrected chi connectivity index (χ4v) is 0.870. The van der Waals surface area contributed by atoms with Gasteiger partial charge in [0, 0.05) is 13.6 Å². The van der Waals surface area contributed by atoms with Crippen LogP contribution in [0, 0.1) is 0 Å². The highest BCUT2D eigenvalue weighted by atomic mass is 32.2. The highest BCUT2D eigenvalue weighted by Gasteiger charge is 2.15. The topological polar surface area (TPSA) is 116 Å². The van der Waals surface area contributed by atoms with E-state index in [1.807, 2.05) is 9.44 Å². The fraction of sp³-hybridized carbons (Fsp3) is 0.750. The molecule has 12 heavy (non-hydrogen) atoms. The number of carboxylic acid groups (broad SMARTS) is 1. The van der Waals surface area contributed by atoms with Crippen LogP contribution < -0.4 is 9.44 Å². The van der Waals surface area contributed by atoms with Crippen molar-refractivity contribution < 1.29 is 23.4 Å². The van der Waals surface area contributed by atoms with Crippen molar-refractivity contribution in [2.75, 3.05) is 13.6 Å². The molecule has 0 bridgehead atoms. The van der Waals surface area contributed by atoms with Gasteiger partial charge in [-0.15, -0.1) is 0 Å². The molecule has 0 aromatic rings. The van der Waals surface area contributed by atoms with E-state index in [1.165, 1.54) is 0 Å². The van der Waals surface area contributed by atoms with Crippen LogP contribution in [-0.2, 0) is 15.0 Å². The van der Waals surface area contributed by atoms with E-state index in [2.05, 4.69) is 0 Å². The number of rotatable bonds is 5. The summed E-state index contributed by atoms with van der Waals surface area (Å²) in [6.07, 6.45) is -1.73. The van der Waals surface area contributed by atoms with E-state index in [9.17, 15) is 13.2 Å². The molecule has 0 aromatic heterocycles. The first kappa shape index (κ1) is 11.3. The van der Waals surface area contributed by atoms with Crippen LogP contribution in [0.25, 0.3) is 0 Å². The Bertz CT molecular complexity index is 248. The molecular weight excluding hydrogens is 188 g/mol. The standard InChI is InChI=1S/C4H10N2O5S/c1-5-12(10,11)6-2-3(7)4(8)9/h3,5-7H,2H2,1H3,(H,8,9). The van der Waals surface area contributed by atoms with E-state index in [4.69, 9.17) is 10.2 Å². The second-order valence-corrected chi connectivity index (χ2v) is 3.61. The summed E-state index contributed by atoms with van der Waals surface area (Å²) in [6, 6.07) is 0. The van der Waals surface area contributed by atoms with Gasteiger partial charge in [0.25, 0.3) is 10.2 Å². The van der Waals surface area contributed by atoms with Gasteiger partial charge in [0.15, 0.2) is 6.10 Å².